The molecule has 1 N–H and O–H groups in total. The molecule has 5 rings (SSSR count). The van der Waals surface area contributed by atoms with Crippen LogP contribution in [0.15, 0.2) is 64.2 Å². The van der Waals surface area contributed by atoms with Crippen LogP contribution in [-0.2, 0) is 0 Å². The smallest absolute Gasteiger partial charge is 0.190 e. The highest BCUT2D eigenvalue weighted by molar-refractivity contribution is 6.33. The number of benzene rings is 5. The Bertz CT molecular complexity index is 1330. The van der Waals surface area contributed by atoms with Crippen molar-refractivity contribution in [1.82, 2.24) is 0 Å². The summed E-state index contributed by atoms with van der Waals surface area (Å²) in [6.45, 7) is 0. The molecular weight excluding hydrogens is 288 g/mol. The van der Waals surface area contributed by atoms with E-state index in [1.807, 2.05) is 24.3 Å². The van der Waals surface area contributed by atoms with E-state index in [-0.39, 0.29) is 16.6 Å². The van der Waals surface area contributed by atoms with Gasteiger partial charge >= 0.3 is 0 Å². The lowest BCUT2D eigenvalue weighted by Gasteiger charge is -2.13. The highest BCUT2D eigenvalue weighted by atomic mass is 16.3. The Morgan fingerprint density at radius 1 is 0.522 bits per heavy atom. The van der Waals surface area contributed by atoms with Gasteiger partial charge < -0.3 is 5.11 Å². The van der Waals surface area contributed by atoms with Crippen LogP contribution >= 0.6 is 0 Å². The number of phenolic OH excluding ortho intramolecular Hbond substituents is 1. The van der Waals surface area contributed by atoms with E-state index in [4.69, 9.17) is 0 Å². The molecule has 0 unspecified atom stereocenters. The molecule has 0 amide bonds. The molecule has 0 saturated heterocycles. The van der Waals surface area contributed by atoms with Gasteiger partial charge in [0.1, 0.15) is 5.75 Å². The van der Waals surface area contributed by atoms with Crippen molar-refractivity contribution < 1.29 is 5.11 Å². The maximum Gasteiger partial charge on any atom is 0.190 e. The first kappa shape index (κ1) is 12.4. The molecule has 0 saturated carbocycles. The van der Waals surface area contributed by atoms with Gasteiger partial charge in [0.2, 0.25) is 0 Å². The normalized spacial score (nSPS) is 12.0. The van der Waals surface area contributed by atoms with Crippen LogP contribution < -0.4 is 10.9 Å². The summed E-state index contributed by atoms with van der Waals surface area (Å²) in [5.41, 5.74) is -0.205. The molecule has 0 aromatic heterocycles. The van der Waals surface area contributed by atoms with Gasteiger partial charge in [0, 0.05) is 16.2 Å². The molecule has 5 aromatic carbocycles. The molecule has 3 heteroatoms. The second-order valence-electron chi connectivity index (χ2n) is 5.83. The summed E-state index contributed by atoms with van der Waals surface area (Å²) < 4.78 is 0. The lowest BCUT2D eigenvalue weighted by atomic mass is 9.89. The summed E-state index contributed by atoms with van der Waals surface area (Å²) in [6, 6.07) is 15.6. The monoisotopic (exact) mass is 298 g/mol. The average molecular weight is 298 g/mol. The maximum atomic E-state index is 12.2. The van der Waals surface area contributed by atoms with Crippen molar-refractivity contribution in [2.24, 2.45) is 0 Å². The van der Waals surface area contributed by atoms with E-state index < -0.39 is 0 Å². The summed E-state index contributed by atoms with van der Waals surface area (Å²) in [6.07, 6.45) is 0. The molecule has 23 heavy (non-hydrogen) atoms. The van der Waals surface area contributed by atoms with Gasteiger partial charge in [0.25, 0.3) is 0 Å². The third kappa shape index (κ3) is 1.39. The third-order valence-corrected chi connectivity index (χ3v) is 4.68. The van der Waals surface area contributed by atoms with Gasteiger partial charge in [-0.05, 0) is 51.9 Å². The molecule has 0 spiro atoms. The zero-order valence-electron chi connectivity index (χ0n) is 12.0. The van der Waals surface area contributed by atoms with Crippen molar-refractivity contribution in [3.63, 3.8) is 0 Å². The zero-order chi connectivity index (χ0) is 15.7. The third-order valence-electron chi connectivity index (χ3n) is 4.68. The predicted octanol–water partition coefficient (Wildman–Crippen LogP) is 3.60. The van der Waals surface area contributed by atoms with Crippen molar-refractivity contribution in [3.05, 3.63) is 75.0 Å². The first-order valence-corrected chi connectivity index (χ1v) is 7.36. The van der Waals surface area contributed by atoms with Crippen molar-refractivity contribution in [2.75, 3.05) is 0 Å². The molecule has 0 atom stereocenters. The van der Waals surface area contributed by atoms with Crippen molar-refractivity contribution >= 4 is 43.1 Å². The van der Waals surface area contributed by atoms with E-state index in [0.717, 1.165) is 32.3 Å². The van der Waals surface area contributed by atoms with Gasteiger partial charge in [-0.1, -0.05) is 24.3 Å². The highest BCUT2D eigenvalue weighted by Gasteiger charge is 2.16. The van der Waals surface area contributed by atoms with Crippen LogP contribution in [0.5, 0.6) is 5.75 Å². The predicted molar refractivity (Wildman–Crippen MR) is 93.0 cm³/mol. The van der Waals surface area contributed by atoms with Crippen LogP contribution in [0.1, 0.15) is 0 Å². The van der Waals surface area contributed by atoms with Crippen molar-refractivity contribution in [3.8, 4) is 5.75 Å². The van der Waals surface area contributed by atoms with Crippen molar-refractivity contribution in [1.29, 1.82) is 0 Å². The fraction of sp³-hybridized carbons (Fsp3) is 0. The average Bonchev–Trinajstić information content (AvgIpc) is 2.56. The van der Waals surface area contributed by atoms with Crippen LogP contribution in [0.2, 0.25) is 0 Å². The van der Waals surface area contributed by atoms with Crippen molar-refractivity contribution in [2.45, 2.75) is 0 Å². The Balaban J connectivity index is 2.32. The van der Waals surface area contributed by atoms with E-state index in [9.17, 15) is 14.7 Å². The molecule has 0 heterocycles. The minimum atomic E-state index is -0.195. The second-order valence-corrected chi connectivity index (χ2v) is 5.83. The number of hydrogen-bond acceptors (Lipinski definition) is 3. The summed E-state index contributed by atoms with van der Waals surface area (Å²) in [7, 11) is 0. The molecule has 0 bridgehead atoms. The molecule has 108 valence electrons. The highest BCUT2D eigenvalue weighted by Crippen LogP contribution is 2.40. The van der Waals surface area contributed by atoms with Gasteiger partial charge in [-0.3, -0.25) is 9.59 Å². The number of hydrogen-bond donors (Lipinski definition) is 1. The number of fused-ring (bicyclic) bond motifs is 2. The minimum Gasteiger partial charge on any atom is -0.507 e. The van der Waals surface area contributed by atoms with E-state index in [1.54, 1.807) is 24.3 Å². The number of phenols is 1. The summed E-state index contributed by atoms with van der Waals surface area (Å²) in [5, 5.41) is 16.5. The Morgan fingerprint density at radius 2 is 1.09 bits per heavy atom. The van der Waals surface area contributed by atoms with E-state index >= 15 is 0 Å². The zero-order valence-corrected chi connectivity index (χ0v) is 12.0. The lowest BCUT2D eigenvalue weighted by Crippen LogP contribution is -2.03. The van der Waals surface area contributed by atoms with Crippen LogP contribution in [0.4, 0.5) is 0 Å². The first-order chi connectivity index (χ1) is 11.2. The molecule has 3 nitrogen and oxygen atoms in total. The Kier molecular flexibility index (Phi) is 2.13. The van der Waals surface area contributed by atoms with Crippen LogP contribution in [0.25, 0.3) is 43.1 Å². The largest absolute Gasteiger partial charge is 0.507 e. The molecule has 0 aliphatic carbocycles. The Labute approximate surface area is 129 Å². The molecular formula is C20H10O3. The van der Waals surface area contributed by atoms with E-state index in [2.05, 4.69) is 0 Å². The standard InChI is InChI=1S/C20H10O3/c21-15-7-4-11-13-6-9-17(23)20-16(22)8-5-12(19(13)20)10-2-1-3-14(15)18(10)11/h1-9,23H. The minimum absolute atomic E-state index is 0.00771. The molecule has 0 fully saturated rings. The lowest BCUT2D eigenvalue weighted by molar-refractivity contribution is 0.481. The molecule has 5 aromatic rings. The van der Waals surface area contributed by atoms with Gasteiger partial charge in [-0.15, -0.1) is 0 Å². The van der Waals surface area contributed by atoms with Crippen LogP contribution in [0.3, 0.4) is 0 Å². The number of aromatic hydroxyl groups is 1. The summed E-state index contributed by atoms with van der Waals surface area (Å²) in [4.78, 5) is 24.4. The Morgan fingerprint density at radius 3 is 1.87 bits per heavy atom. The molecule has 0 radical (unpaired) electrons. The van der Waals surface area contributed by atoms with E-state index in [1.165, 1.54) is 6.07 Å². The van der Waals surface area contributed by atoms with Crippen LogP contribution in [-0.4, -0.2) is 5.11 Å². The van der Waals surface area contributed by atoms with E-state index in [0.29, 0.717) is 10.8 Å². The Hall–Kier alpha value is -3.20. The second kappa shape index (κ2) is 3.96. The van der Waals surface area contributed by atoms with Gasteiger partial charge in [-0.25, -0.2) is 0 Å². The summed E-state index contributed by atoms with van der Waals surface area (Å²) >= 11 is 0. The summed E-state index contributed by atoms with van der Waals surface area (Å²) in [5.74, 6) is -0.00771. The molecule has 0 aliphatic rings. The number of rotatable bonds is 0. The van der Waals surface area contributed by atoms with Gasteiger partial charge in [0.05, 0.1) is 5.39 Å². The fourth-order valence-corrected chi connectivity index (χ4v) is 3.72. The quantitative estimate of drug-likeness (QED) is 0.351. The maximum absolute atomic E-state index is 12.2. The molecule has 0 aliphatic heterocycles. The fourth-order valence-electron chi connectivity index (χ4n) is 3.72. The topological polar surface area (TPSA) is 54.4 Å². The van der Waals surface area contributed by atoms with Gasteiger partial charge in [-0.2, -0.15) is 0 Å². The first-order valence-electron chi connectivity index (χ1n) is 7.36. The van der Waals surface area contributed by atoms with Gasteiger partial charge in [0.15, 0.2) is 10.9 Å². The SMILES string of the molecule is O=c1ccc2c3ccc(O)c4c(=O)ccc(c5cccc1c25)c43. The van der Waals surface area contributed by atoms with Crippen LogP contribution in [0, 0.1) is 0 Å².